The quantitative estimate of drug-likeness (QED) is 0.817. The Bertz CT molecular complexity index is 545. The number of piperazine rings is 1. The first-order chi connectivity index (χ1) is 8.38. The summed E-state index contributed by atoms with van der Waals surface area (Å²) in [6, 6.07) is 4.08. The Labute approximate surface area is 107 Å². The van der Waals surface area contributed by atoms with Gasteiger partial charge < -0.3 is 10.2 Å². The predicted molar refractivity (Wildman–Crippen MR) is 69.2 cm³/mol. The topological polar surface area (TPSA) is 49.4 Å². The number of rotatable bonds is 2. The number of hydrogen-bond donors (Lipinski definition) is 1. The van der Waals surface area contributed by atoms with E-state index in [1.54, 1.807) is 0 Å². The van der Waals surface area contributed by atoms with Crippen LogP contribution in [-0.4, -0.2) is 40.3 Å². The number of nitrogens with one attached hydrogen (secondary N) is 1. The Kier molecular flexibility index (Phi) is 3.59. The molecule has 18 heavy (non-hydrogen) atoms. The fourth-order valence-electron chi connectivity index (χ4n) is 2.20. The Morgan fingerprint density at radius 1 is 1.44 bits per heavy atom. The van der Waals surface area contributed by atoms with Gasteiger partial charge in [-0.1, -0.05) is 0 Å². The molecule has 1 aromatic rings. The molecule has 4 nitrogen and oxygen atoms in total. The Balaban J connectivity index is 2.45. The van der Waals surface area contributed by atoms with E-state index >= 15 is 0 Å². The van der Waals surface area contributed by atoms with Gasteiger partial charge >= 0.3 is 0 Å². The number of benzene rings is 1. The molecule has 0 radical (unpaired) electrons. The molecule has 1 fully saturated rings. The molecule has 1 N–H and O–H groups in total. The second-order valence-corrected chi connectivity index (χ2v) is 6.67. The van der Waals surface area contributed by atoms with E-state index in [4.69, 9.17) is 0 Å². The van der Waals surface area contributed by atoms with E-state index in [0.29, 0.717) is 18.8 Å². The van der Waals surface area contributed by atoms with Crippen LogP contribution in [0.3, 0.4) is 0 Å². The largest absolute Gasteiger partial charge is 0.368 e. The highest BCUT2D eigenvalue weighted by atomic mass is 32.2. The van der Waals surface area contributed by atoms with Gasteiger partial charge in [-0.3, -0.25) is 0 Å². The summed E-state index contributed by atoms with van der Waals surface area (Å²) < 4.78 is 36.8. The molecule has 1 saturated heterocycles. The van der Waals surface area contributed by atoms with Crippen LogP contribution in [0.2, 0.25) is 0 Å². The lowest BCUT2D eigenvalue weighted by Gasteiger charge is -2.34. The third-order valence-corrected chi connectivity index (χ3v) is 4.17. The maximum atomic E-state index is 13.4. The van der Waals surface area contributed by atoms with Gasteiger partial charge in [0, 0.05) is 31.9 Å². The summed E-state index contributed by atoms with van der Waals surface area (Å²) >= 11 is 0. The highest BCUT2D eigenvalue weighted by Crippen LogP contribution is 2.27. The Morgan fingerprint density at radius 2 is 2.17 bits per heavy atom. The molecular weight excluding hydrogens is 255 g/mol. The molecule has 1 aliphatic rings. The minimum absolute atomic E-state index is 0.193. The lowest BCUT2D eigenvalue weighted by molar-refractivity contribution is 0.482. The molecule has 0 aromatic heterocycles. The van der Waals surface area contributed by atoms with Gasteiger partial charge in [-0.2, -0.15) is 0 Å². The van der Waals surface area contributed by atoms with Gasteiger partial charge in [-0.25, -0.2) is 12.8 Å². The monoisotopic (exact) mass is 272 g/mol. The van der Waals surface area contributed by atoms with Crippen molar-refractivity contribution in [3.63, 3.8) is 0 Å². The fourth-order valence-corrected chi connectivity index (χ4v) is 3.09. The molecule has 0 aliphatic carbocycles. The van der Waals surface area contributed by atoms with Crippen molar-refractivity contribution < 1.29 is 12.8 Å². The molecule has 1 atom stereocenters. The van der Waals surface area contributed by atoms with E-state index in [1.165, 1.54) is 18.2 Å². The average Bonchev–Trinajstić information content (AvgIpc) is 2.27. The van der Waals surface area contributed by atoms with Gasteiger partial charge in [0.15, 0.2) is 9.84 Å². The van der Waals surface area contributed by atoms with Crippen LogP contribution in [0.25, 0.3) is 0 Å². The molecule has 0 amide bonds. The van der Waals surface area contributed by atoms with Crippen molar-refractivity contribution in [1.29, 1.82) is 0 Å². The van der Waals surface area contributed by atoms with Crippen LogP contribution in [0.15, 0.2) is 23.1 Å². The van der Waals surface area contributed by atoms with Crippen molar-refractivity contribution in [3.8, 4) is 0 Å². The number of hydrogen-bond acceptors (Lipinski definition) is 4. The van der Waals surface area contributed by atoms with E-state index in [9.17, 15) is 12.8 Å². The van der Waals surface area contributed by atoms with Gasteiger partial charge in [-0.15, -0.1) is 0 Å². The van der Waals surface area contributed by atoms with Crippen LogP contribution in [-0.2, 0) is 9.84 Å². The van der Waals surface area contributed by atoms with Crippen LogP contribution in [0.5, 0.6) is 0 Å². The zero-order chi connectivity index (χ0) is 13.3. The summed E-state index contributed by atoms with van der Waals surface area (Å²) in [5.74, 6) is -0.413. The van der Waals surface area contributed by atoms with Crippen LogP contribution in [0.1, 0.15) is 6.92 Å². The van der Waals surface area contributed by atoms with Gasteiger partial charge in [0.2, 0.25) is 0 Å². The summed E-state index contributed by atoms with van der Waals surface area (Å²) in [5, 5.41) is 3.27. The van der Waals surface area contributed by atoms with Crippen molar-refractivity contribution in [1.82, 2.24) is 5.32 Å². The van der Waals surface area contributed by atoms with Gasteiger partial charge in [-0.05, 0) is 25.1 Å². The zero-order valence-electron chi connectivity index (χ0n) is 10.5. The molecule has 0 saturated carbocycles. The Morgan fingerprint density at radius 3 is 2.78 bits per heavy atom. The van der Waals surface area contributed by atoms with Crippen molar-refractivity contribution in [2.24, 2.45) is 0 Å². The van der Waals surface area contributed by atoms with Crippen LogP contribution in [0, 0.1) is 5.82 Å². The maximum Gasteiger partial charge on any atom is 0.177 e. The van der Waals surface area contributed by atoms with E-state index in [1.807, 2.05) is 11.8 Å². The van der Waals surface area contributed by atoms with Crippen molar-refractivity contribution in [3.05, 3.63) is 24.0 Å². The molecule has 100 valence electrons. The van der Waals surface area contributed by atoms with Gasteiger partial charge in [0.1, 0.15) is 5.82 Å². The average molecular weight is 272 g/mol. The first-order valence-corrected chi connectivity index (χ1v) is 7.75. The van der Waals surface area contributed by atoms with Crippen LogP contribution >= 0.6 is 0 Å². The minimum Gasteiger partial charge on any atom is -0.368 e. The van der Waals surface area contributed by atoms with E-state index in [-0.39, 0.29) is 10.9 Å². The Hall–Kier alpha value is -1.14. The second-order valence-electron chi connectivity index (χ2n) is 4.69. The molecular formula is C12H17FN2O2S. The summed E-state index contributed by atoms with van der Waals surface area (Å²) in [7, 11) is -3.35. The molecule has 0 unspecified atom stereocenters. The molecule has 1 aromatic carbocycles. The number of anilines is 1. The minimum atomic E-state index is -3.35. The van der Waals surface area contributed by atoms with Crippen molar-refractivity contribution in [2.75, 3.05) is 30.8 Å². The normalized spacial score (nSPS) is 21.1. The summed E-state index contributed by atoms with van der Waals surface area (Å²) in [4.78, 5) is 2.11. The number of nitrogens with zero attached hydrogens (tertiary/aromatic N) is 1. The third kappa shape index (κ3) is 2.81. The van der Waals surface area contributed by atoms with E-state index < -0.39 is 15.7 Å². The highest BCUT2D eigenvalue weighted by molar-refractivity contribution is 7.90. The fraction of sp³-hybridized carbons (Fsp3) is 0.500. The zero-order valence-corrected chi connectivity index (χ0v) is 11.3. The summed E-state index contributed by atoms with van der Waals surface area (Å²) in [6.45, 7) is 4.13. The van der Waals surface area contributed by atoms with Crippen LogP contribution in [0.4, 0.5) is 10.1 Å². The molecule has 2 rings (SSSR count). The first-order valence-electron chi connectivity index (χ1n) is 5.86. The second kappa shape index (κ2) is 4.85. The molecule has 6 heteroatoms. The third-order valence-electron chi connectivity index (χ3n) is 3.03. The number of sulfone groups is 1. The van der Waals surface area contributed by atoms with Crippen molar-refractivity contribution >= 4 is 15.5 Å². The summed E-state index contributed by atoms with van der Waals surface area (Å²) in [5.41, 5.74) is 0.464. The SMILES string of the molecule is C[C@@H]1CN(c2cc(F)ccc2S(C)(=O)=O)CCN1. The lowest BCUT2D eigenvalue weighted by Crippen LogP contribution is -2.49. The van der Waals surface area contributed by atoms with Crippen LogP contribution < -0.4 is 10.2 Å². The van der Waals surface area contributed by atoms with Gasteiger partial charge in [0.25, 0.3) is 0 Å². The number of halogens is 1. The first kappa shape index (κ1) is 13.3. The summed E-state index contributed by atoms with van der Waals surface area (Å²) in [6.07, 6.45) is 1.15. The molecule has 0 spiro atoms. The van der Waals surface area contributed by atoms with E-state index in [2.05, 4.69) is 5.32 Å². The maximum absolute atomic E-state index is 13.4. The predicted octanol–water partition coefficient (Wildman–Crippen LogP) is 1.03. The van der Waals surface area contributed by atoms with Crippen molar-refractivity contribution in [2.45, 2.75) is 17.9 Å². The van der Waals surface area contributed by atoms with Gasteiger partial charge in [0.05, 0.1) is 10.6 Å². The lowest BCUT2D eigenvalue weighted by atomic mass is 10.2. The molecule has 1 heterocycles. The smallest absolute Gasteiger partial charge is 0.177 e. The highest BCUT2D eigenvalue weighted by Gasteiger charge is 2.22. The molecule has 1 aliphatic heterocycles. The van der Waals surface area contributed by atoms with E-state index in [0.717, 1.165) is 12.8 Å². The standard InChI is InChI=1S/C12H17FN2O2S/c1-9-8-15(6-5-14-9)11-7-10(13)3-4-12(11)18(2,16)17/h3-4,7,9,14H,5-6,8H2,1-2H3/t9-/m1/s1. The molecule has 0 bridgehead atoms.